The summed E-state index contributed by atoms with van der Waals surface area (Å²) in [6.07, 6.45) is 3.27. The molecule has 6 nitrogen and oxygen atoms in total. The minimum atomic E-state index is -0.287. The van der Waals surface area contributed by atoms with Crippen LogP contribution in [0.4, 0.5) is 0 Å². The van der Waals surface area contributed by atoms with Crippen molar-refractivity contribution >= 4 is 17.5 Å². The summed E-state index contributed by atoms with van der Waals surface area (Å²) in [5, 5.41) is 7.43. The third-order valence-electron chi connectivity index (χ3n) is 4.27. The first-order chi connectivity index (χ1) is 13.6. The molecular weight excluding hydrogens is 378 g/mol. The average Bonchev–Trinajstić information content (AvgIpc) is 3.37. The van der Waals surface area contributed by atoms with Crippen LogP contribution in [0, 0.1) is 6.92 Å². The lowest BCUT2D eigenvalue weighted by Crippen LogP contribution is -2.23. The van der Waals surface area contributed by atoms with E-state index in [1.54, 1.807) is 37.6 Å². The third kappa shape index (κ3) is 3.54. The van der Waals surface area contributed by atoms with Gasteiger partial charge in [0.15, 0.2) is 5.76 Å². The topological polar surface area (TPSA) is 81.2 Å². The van der Waals surface area contributed by atoms with Crippen LogP contribution in [0.15, 0.2) is 69.9 Å². The molecule has 0 unspecified atom stereocenters. The molecule has 0 aliphatic rings. The number of aryl methyl sites for hydroxylation is 1. The van der Waals surface area contributed by atoms with Crippen molar-refractivity contribution in [2.24, 2.45) is 0 Å². The van der Waals surface area contributed by atoms with Crippen molar-refractivity contribution in [3.05, 3.63) is 82.9 Å². The molecule has 0 aliphatic heterocycles. The Hall–Kier alpha value is -3.38. The van der Waals surface area contributed by atoms with Crippen molar-refractivity contribution in [2.45, 2.75) is 13.5 Å². The van der Waals surface area contributed by atoms with Crippen LogP contribution in [0.3, 0.4) is 0 Å². The van der Waals surface area contributed by atoms with Gasteiger partial charge in [-0.2, -0.15) is 0 Å². The molecular formula is C21H16ClN3O3. The van der Waals surface area contributed by atoms with E-state index in [0.29, 0.717) is 45.6 Å². The first-order valence-corrected chi connectivity index (χ1v) is 8.99. The molecule has 0 saturated carbocycles. The van der Waals surface area contributed by atoms with Gasteiger partial charge in [-0.05, 0) is 42.8 Å². The Morgan fingerprint density at radius 1 is 1.18 bits per heavy atom. The zero-order chi connectivity index (χ0) is 19.5. The van der Waals surface area contributed by atoms with Gasteiger partial charge in [0.2, 0.25) is 0 Å². The van der Waals surface area contributed by atoms with Crippen LogP contribution in [-0.4, -0.2) is 16.0 Å². The van der Waals surface area contributed by atoms with Gasteiger partial charge >= 0.3 is 0 Å². The fourth-order valence-corrected chi connectivity index (χ4v) is 3.12. The standard InChI is InChI=1S/C21H16ClN3O3/c1-13-19(20(25-28-13)15-5-2-3-6-16(15)22)21(26)24-12-14-8-9-23-17(11-14)18-7-4-10-27-18/h2-11H,12H2,1H3,(H,24,26). The van der Waals surface area contributed by atoms with Crippen molar-refractivity contribution in [1.82, 2.24) is 15.5 Å². The van der Waals surface area contributed by atoms with Crippen molar-refractivity contribution < 1.29 is 13.7 Å². The molecule has 4 aromatic rings. The largest absolute Gasteiger partial charge is 0.463 e. The molecule has 0 atom stereocenters. The van der Waals surface area contributed by atoms with Crippen LogP contribution in [0.5, 0.6) is 0 Å². The number of hydrogen-bond donors (Lipinski definition) is 1. The number of hydrogen-bond acceptors (Lipinski definition) is 5. The maximum atomic E-state index is 12.8. The molecule has 0 spiro atoms. The van der Waals surface area contributed by atoms with E-state index in [2.05, 4.69) is 15.5 Å². The number of benzene rings is 1. The van der Waals surface area contributed by atoms with Gasteiger partial charge in [-0.1, -0.05) is 35.0 Å². The lowest BCUT2D eigenvalue weighted by atomic mass is 10.1. The summed E-state index contributed by atoms with van der Waals surface area (Å²) in [5.41, 5.74) is 3.04. The summed E-state index contributed by atoms with van der Waals surface area (Å²) in [6, 6.07) is 14.5. The second-order valence-electron chi connectivity index (χ2n) is 6.15. The number of carbonyl (C=O) groups is 1. The number of nitrogens with zero attached hydrogens (tertiary/aromatic N) is 2. The molecule has 7 heteroatoms. The average molecular weight is 394 g/mol. The Balaban J connectivity index is 1.55. The van der Waals surface area contributed by atoms with E-state index < -0.39 is 0 Å². The molecule has 1 amide bonds. The molecule has 1 N–H and O–H groups in total. The van der Waals surface area contributed by atoms with Gasteiger partial charge in [-0.3, -0.25) is 9.78 Å². The highest BCUT2D eigenvalue weighted by Gasteiger charge is 2.22. The number of carbonyl (C=O) groups excluding carboxylic acids is 1. The van der Waals surface area contributed by atoms with E-state index in [1.807, 2.05) is 30.3 Å². The smallest absolute Gasteiger partial charge is 0.257 e. The molecule has 4 rings (SSSR count). The Bertz CT molecular complexity index is 1120. The van der Waals surface area contributed by atoms with E-state index in [4.69, 9.17) is 20.5 Å². The molecule has 1 aromatic carbocycles. The van der Waals surface area contributed by atoms with E-state index >= 15 is 0 Å². The summed E-state index contributed by atoms with van der Waals surface area (Å²) in [6.45, 7) is 2.02. The van der Waals surface area contributed by atoms with Gasteiger partial charge in [0.1, 0.15) is 22.7 Å². The van der Waals surface area contributed by atoms with Gasteiger partial charge in [0, 0.05) is 18.3 Å². The second-order valence-corrected chi connectivity index (χ2v) is 6.56. The van der Waals surface area contributed by atoms with Gasteiger partial charge in [-0.15, -0.1) is 0 Å². The van der Waals surface area contributed by atoms with Gasteiger partial charge in [-0.25, -0.2) is 0 Å². The summed E-state index contributed by atoms with van der Waals surface area (Å²) in [4.78, 5) is 17.1. The lowest BCUT2D eigenvalue weighted by molar-refractivity contribution is 0.0950. The van der Waals surface area contributed by atoms with Crippen molar-refractivity contribution in [3.63, 3.8) is 0 Å². The summed E-state index contributed by atoms with van der Waals surface area (Å²) >= 11 is 6.25. The minimum absolute atomic E-state index is 0.287. The molecule has 3 heterocycles. The van der Waals surface area contributed by atoms with Crippen LogP contribution in [0.25, 0.3) is 22.7 Å². The number of nitrogens with one attached hydrogen (secondary N) is 1. The molecule has 140 valence electrons. The normalized spacial score (nSPS) is 10.8. The van der Waals surface area contributed by atoms with Gasteiger partial charge in [0.05, 0.1) is 11.3 Å². The Morgan fingerprint density at radius 2 is 2.04 bits per heavy atom. The molecule has 0 fully saturated rings. The highest BCUT2D eigenvalue weighted by atomic mass is 35.5. The molecule has 0 radical (unpaired) electrons. The maximum absolute atomic E-state index is 12.8. The fraction of sp³-hybridized carbons (Fsp3) is 0.0952. The van der Waals surface area contributed by atoms with Crippen molar-refractivity contribution in [3.8, 4) is 22.7 Å². The monoisotopic (exact) mass is 393 g/mol. The predicted molar refractivity (Wildman–Crippen MR) is 105 cm³/mol. The zero-order valence-electron chi connectivity index (χ0n) is 15.0. The van der Waals surface area contributed by atoms with Crippen LogP contribution in [-0.2, 0) is 6.54 Å². The van der Waals surface area contributed by atoms with E-state index in [9.17, 15) is 4.79 Å². The van der Waals surface area contributed by atoms with Crippen LogP contribution < -0.4 is 5.32 Å². The molecule has 0 bridgehead atoms. The van der Waals surface area contributed by atoms with Crippen molar-refractivity contribution in [1.29, 1.82) is 0 Å². The molecule has 3 aromatic heterocycles. The number of amides is 1. The van der Waals surface area contributed by atoms with Crippen LogP contribution in [0.1, 0.15) is 21.7 Å². The summed E-state index contributed by atoms with van der Waals surface area (Å²) in [5.74, 6) is 0.813. The zero-order valence-corrected chi connectivity index (χ0v) is 15.7. The highest BCUT2D eigenvalue weighted by Crippen LogP contribution is 2.31. The summed E-state index contributed by atoms with van der Waals surface area (Å²) in [7, 11) is 0. The maximum Gasteiger partial charge on any atom is 0.257 e. The second kappa shape index (κ2) is 7.70. The van der Waals surface area contributed by atoms with Gasteiger partial charge in [0.25, 0.3) is 5.91 Å². The van der Waals surface area contributed by atoms with Gasteiger partial charge < -0.3 is 14.3 Å². The number of pyridine rings is 1. The first kappa shape index (κ1) is 18.0. The van der Waals surface area contributed by atoms with E-state index in [1.165, 1.54) is 0 Å². The van der Waals surface area contributed by atoms with Crippen LogP contribution in [0.2, 0.25) is 5.02 Å². The number of aromatic nitrogens is 2. The quantitative estimate of drug-likeness (QED) is 0.522. The Labute approximate surface area is 166 Å². The Kier molecular flexibility index (Phi) is 4.95. The predicted octanol–water partition coefficient (Wildman–Crippen LogP) is 4.89. The lowest BCUT2D eigenvalue weighted by Gasteiger charge is -2.07. The number of furan rings is 1. The molecule has 0 aliphatic carbocycles. The summed E-state index contributed by atoms with van der Waals surface area (Å²) < 4.78 is 10.6. The van der Waals surface area contributed by atoms with E-state index in [0.717, 1.165) is 5.56 Å². The van der Waals surface area contributed by atoms with Crippen molar-refractivity contribution in [2.75, 3.05) is 0 Å². The van der Waals surface area contributed by atoms with Crippen LogP contribution >= 0.6 is 11.6 Å². The molecule has 28 heavy (non-hydrogen) atoms. The SMILES string of the molecule is Cc1onc(-c2ccccc2Cl)c1C(=O)NCc1ccnc(-c2ccco2)c1. The third-order valence-corrected chi connectivity index (χ3v) is 4.60. The Morgan fingerprint density at radius 3 is 2.82 bits per heavy atom. The minimum Gasteiger partial charge on any atom is -0.463 e. The fourth-order valence-electron chi connectivity index (χ4n) is 2.89. The highest BCUT2D eigenvalue weighted by molar-refractivity contribution is 6.33. The first-order valence-electron chi connectivity index (χ1n) is 8.61. The number of halogens is 1. The number of rotatable bonds is 5. The molecule has 0 saturated heterocycles. The van der Waals surface area contributed by atoms with E-state index in [-0.39, 0.29) is 5.91 Å².